The number of carbonyl (C=O) groups excluding carboxylic acids is 2. The number of rotatable bonds is 6. The van der Waals surface area contributed by atoms with Crippen molar-refractivity contribution in [1.82, 2.24) is 9.97 Å². The van der Waals surface area contributed by atoms with Crippen LogP contribution in [0.25, 0.3) is 10.6 Å². The topological polar surface area (TPSA) is 144 Å². The lowest BCUT2D eigenvalue weighted by molar-refractivity contribution is -0.117. The molecule has 5 rings (SSSR count). The molecule has 0 radical (unpaired) electrons. The van der Waals surface area contributed by atoms with Crippen LogP contribution in [0.1, 0.15) is 27.0 Å². The number of thiazole rings is 1. The lowest BCUT2D eigenvalue weighted by Gasteiger charge is -2.26. The van der Waals surface area contributed by atoms with Crippen molar-refractivity contribution in [1.29, 1.82) is 0 Å². The number of benzene rings is 2. The summed E-state index contributed by atoms with van der Waals surface area (Å²) < 4.78 is 23.4. The smallest absolute Gasteiger partial charge is 0.294 e. The van der Waals surface area contributed by atoms with Gasteiger partial charge in [-0.1, -0.05) is 30.3 Å². The Morgan fingerprint density at radius 1 is 1.03 bits per heavy atom. The predicted molar refractivity (Wildman–Crippen MR) is 139 cm³/mol. The molecule has 0 spiro atoms. The standard InChI is InChI=1S/C26H20N4O5S2/c1-15-24(36-25(29-15)17-5-3-2-4-6-17)22(31)20-21(16-11-13-28-14-12-16)30(26(33)23(20)32)18-7-9-19(10-8-18)37(27,34)35/h2-14,21,32H,1H3,(H2,27,34,35). The van der Waals surface area contributed by atoms with Gasteiger partial charge in [0.05, 0.1) is 27.1 Å². The number of carbonyl (C=O) groups is 2. The van der Waals surface area contributed by atoms with Gasteiger partial charge in [-0.2, -0.15) is 0 Å². The van der Waals surface area contributed by atoms with Gasteiger partial charge < -0.3 is 5.11 Å². The highest BCUT2D eigenvalue weighted by molar-refractivity contribution is 7.89. The summed E-state index contributed by atoms with van der Waals surface area (Å²) in [6.45, 7) is 1.70. The molecule has 3 heterocycles. The maximum Gasteiger partial charge on any atom is 0.294 e. The van der Waals surface area contributed by atoms with Crippen molar-refractivity contribution in [3.63, 3.8) is 0 Å². The van der Waals surface area contributed by atoms with Gasteiger partial charge in [-0.25, -0.2) is 18.5 Å². The first kappa shape index (κ1) is 24.5. The van der Waals surface area contributed by atoms with Crippen LogP contribution in [0, 0.1) is 6.92 Å². The van der Waals surface area contributed by atoms with Gasteiger partial charge in [0, 0.05) is 23.6 Å². The number of aryl methyl sites for hydroxylation is 1. The third kappa shape index (κ3) is 4.44. The molecule has 1 aliphatic rings. The largest absolute Gasteiger partial charge is 0.503 e. The molecule has 2 aromatic carbocycles. The summed E-state index contributed by atoms with van der Waals surface area (Å²) >= 11 is 1.18. The molecule has 4 aromatic rings. The number of aliphatic hydroxyl groups is 1. The van der Waals surface area contributed by atoms with E-state index in [0.717, 1.165) is 5.56 Å². The van der Waals surface area contributed by atoms with Gasteiger partial charge >= 0.3 is 0 Å². The lowest BCUT2D eigenvalue weighted by atomic mass is 9.95. The third-order valence-electron chi connectivity index (χ3n) is 5.94. The number of Topliss-reactive ketones (excluding diaryl/α,β-unsaturated/α-hetero) is 1. The van der Waals surface area contributed by atoms with Crippen molar-refractivity contribution < 1.29 is 23.1 Å². The Morgan fingerprint density at radius 2 is 1.68 bits per heavy atom. The van der Waals surface area contributed by atoms with Crippen molar-refractivity contribution in [2.75, 3.05) is 4.90 Å². The Bertz CT molecular complexity index is 1650. The zero-order chi connectivity index (χ0) is 26.3. The van der Waals surface area contributed by atoms with Crippen molar-refractivity contribution in [2.24, 2.45) is 5.14 Å². The highest BCUT2D eigenvalue weighted by atomic mass is 32.2. The summed E-state index contributed by atoms with van der Waals surface area (Å²) in [6.07, 6.45) is 3.04. The fourth-order valence-electron chi connectivity index (χ4n) is 4.19. The van der Waals surface area contributed by atoms with E-state index in [1.54, 1.807) is 19.1 Å². The van der Waals surface area contributed by atoms with Crippen LogP contribution in [0.4, 0.5) is 5.69 Å². The van der Waals surface area contributed by atoms with Crippen LogP contribution in [0.15, 0.2) is 95.4 Å². The Hall–Kier alpha value is -4.19. The SMILES string of the molecule is Cc1nc(-c2ccccc2)sc1C(=O)C1=C(O)C(=O)N(c2ccc(S(N)(=O)=O)cc2)C1c1ccncc1. The quantitative estimate of drug-likeness (QED) is 0.358. The molecule has 1 amide bonds. The number of hydrogen-bond acceptors (Lipinski definition) is 8. The van der Waals surface area contributed by atoms with Crippen LogP contribution < -0.4 is 10.0 Å². The average Bonchev–Trinajstić information content (AvgIpc) is 3.41. The number of primary sulfonamides is 1. The number of nitrogens with zero attached hydrogens (tertiary/aromatic N) is 3. The summed E-state index contributed by atoms with van der Waals surface area (Å²) in [7, 11) is -3.95. The van der Waals surface area contributed by atoms with Gasteiger partial charge in [0.1, 0.15) is 5.01 Å². The van der Waals surface area contributed by atoms with E-state index in [1.165, 1.54) is 52.9 Å². The predicted octanol–water partition coefficient (Wildman–Crippen LogP) is 3.94. The van der Waals surface area contributed by atoms with E-state index in [9.17, 15) is 23.1 Å². The lowest BCUT2D eigenvalue weighted by Crippen LogP contribution is -2.31. The highest BCUT2D eigenvalue weighted by Gasteiger charge is 2.45. The van der Waals surface area contributed by atoms with Crippen LogP contribution in [-0.4, -0.2) is 35.2 Å². The number of anilines is 1. The van der Waals surface area contributed by atoms with Gasteiger partial charge in [0.15, 0.2) is 5.76 Å². The molecule has 1 aliphatic heterocycles. The average molecular weight is 533 g/mol. The third-order valence-corrected chi connectivity index (χ3v) is 8.08. The monoisotopic (exact) mass is 532 g/mol. The van der Waals surface area contributed by atoms with Crippen molar-refractivity contribution in [3.05, 3.63) is 107 Å². The zero-order valence-corrected chi connectivity index (χ0v) is 21.0. The molecule has 1 atom stereocenters. The second-order valence-corrected chi connectivity index (χ2v) is 10.8. The van der Waals surface area contributed by atoms with Crippen LogP contribution in [0.5, 0.6) is 0 Å². The molecule has 3 N–H and O–H groups in total. The van der Waals surface area contributed by atoms with E-state index in [0.29, 0.717) is 21.1 Å². The summed E-state index contributed by atoms with van der Waals surface area (Å²) in [4.78, 5) is 37.2. The summed E-state index contributed by atoms with van der Waals surface area (Å²) in [5.74, 6) is -2.00. The van der Waals surface area contributed by atoms with E-state index in [-0.39, 0.29) is 16.2 Å². The summed E-state index contributed by atoms with van der Waals surface area (Å²) in [6, 6.07) is 17.0. The van der Waals surface area contributed by atoms with E-state index in [2.05, 4.69) is 9.97 Å². The first-order valence-electron chi connectivity index (χ1n) is 11.0. The normalized spacial score (nSPS) is 15.9. The van der Waals surface area contributed by atoms with Gasteiger partial charge in [0.25, 0.3) is 5.91 Å². The maximum absolute atomic E-state index is 13.9. The molecular weight excluding hydrogens is 512 g/mol. The van der Waals surface area contributed by atoms with Gasteiger partial charge in [0.2, 0.25) is 15.8 Å². The number of aliphatic hydroxyl groups excluding tert-OH is 1. The molecule has 0 saturated heterocycles. The Morgan fingerprint density at radius 3 is 2.30 bits per heavy atom. The van der Waals surface area contributed by atoms with Crippen molar-refractivity contribution in [2.45, 2.75) is 17.9 Å². The van der Waals surface area contributed by atoms with E-state index >= 15 is 0 Å². The summed E-state index contributed by atoms with van der Waals surface area (Å²) in [5.41, 5.74) is 2.04. The molecule has 9 nitrogen and oxygen atoms in total. The highest BCUT2D eigenvalue weighted by Crippen LogP contribution is 2.43. The fraction of sp³-hybridized carbons (Fsp3) is 0.0769. The van der Waals surface area contributed by atoms with Gasteiger partial charge in [-0.15, -0.1) is 11.3 Å². The zero-order valence-electron chi connectivity index (χ0n) is 19.4. The van der Waals surface area contributed by atoms with Gasteiger partial charge in [-0.3, -0.25) is 19.5 Å². The number of aromatic nitrogens is 2. The number of hydrogen-bond donors (Lipinski definition) is 2. The molecule has 11 heteroatoms. The van der Waals surface area contributed by atoms with Crippen molar-refractivity contribution >= 4 is 38.7 Å². The van der Waals surface area contributed by atoms with Gasteiger partial charge in [-0.05, 0) is 48.9 Å². The minimum Gasteiger partial charge on any atom is -0.503 e. The Kier molecular flexibility index (Phi) is 6.20. The van der Waals surface area contributed by atoms with Crippen molar-refractivity contribution in [3.8, 4) is 10.6 Å². The fourth-order valence-corrected chi connectivity index (χ4v) is 5.74. The molecule has 186 valence electrons. The van der Waals surface area contributed by atoms with E-state index < -0.39 is 33.5 Å². The second-order valence-electron chi connectivity index (χ2n) is 8.29. The molecule has 0 saturated carbocycles. The number of ketones is 1. The first-order valence-corrected chi connectivity index (χ1v) is 13.4. The first-order chi connectivity index (χ1) is 17.7. The number of pyridine rings is 1. The van der Waals surface area contributed by atoms with Crippen LogP contribution >= 0.6 is 11.3 Å². The molecular formula is C26H20N4O5S2. The van der Waals surface area contributed by atoms with Crippen LogP contribution in [0.2, 0.25) is 0 Å². The minimum atomic E-state index is -3.95. The molecule has 0 bridgehead atoms. The molecule has 1 unspecified atom stereocenters. The number of amides is 1. The van der Waals surface area contributed by atoms with E-state index in [1.807, 2.05) is 30.3 Å². The van der Waals surface area contributed by atoms with E-state index in [4.69, 9.17) is 5.14 Å². The Balaban J connectivity index is 1.61. The second kappa shape index (κ2) is 9.36. The number of nitrogens with two attached hydrogens (primary N) is 1. The molecule has 2 aromatic heterocycles. The maximum atomic E-state index is 13.9. The summed E-state index contributed by atoms with van der Waals surface area (Å²) in [5, 5.41) is 16.8. The Labute approximate surface area is 216 Å². The minimum absolute atomic E-state index is 0.0990. The van der Waals surface area contributed by atoms with Crippen LogP contribution in [0.3, 0.4) is 0 Å². The molecule has 37 heavy (non-hydrogen) atoms. The number of sulfonamides is 1. The molecule has 0 fully saturated rings. The molecule has 0 aliphatic carbocycles. The van der Waals surface area contributed by atoms with Crippen LogP contribution in [-0.2, 0) is 14.8 Å².